The second kappa shape index (κ2) is 12.9. The average Bonchev–Trinajstić information content (AvgIpc) is 2.98. The number of anilines is 1. The van der Waals surface area contributed by atoms with E-state index in [-0.39, 0.29) is 61.3 Å². The Balaban J connectivity index is 1.88. The van der Waals surface area contributed by atoms with Crippen molar-refractivity contribution in [3.8, 4) is 11.9 Å². The molecule has 3 aromatic rings. The van der Waals surface area contributed by atoms with Crippen LogP contribution in [-0.4, -0.2) is 40.4 Å². The number of alkyl halides is 6. The summed E-state index contributed by atoms with van der Waals surface area (Å²) in [4.78, 5) is 28.0. The number of hydrogen-bond acceptors (Lipinski definition) is 8. The monoisotopic (exact) mass is 636 g/mol. The molecule has 45 heavy (non-hydrogen) atoms. The molecule has 1 aliphatic rings. The lowest BCUT2D eigenvalue weighted by molar-refractivity contribution is -0.143. The zero-order chi connectivity index (χ0) is 33.2. The van der Waals surface area contributed by atoms with Crippen molar-refractivity contribution in [1.29, 1.82) is 5.26 Å². The lowest BCUT2D eigenvalue weighted by atomic mass is 9.83. The van der Waals surface area contributed by atoms with Gasteiger partial charge in [-0.2, -0.15) is 31.6 Å². The molecule has 0 unspecified atom stereocenters. The summed E-state index contributed by atoms with van der Waals surface area (Å²) in [6.07, 6.45) is -9.33. The van der Waals surface area contributed by atoms with E-state index in [0.717, 1.165) is 0 Å². The highest BCUT2D eigenvalue weighted by atomic mass is 19.4. The van der Waals surface area contributed by atoms with Gasteiger partial charge in [0.15, 0.2) is 0 Å². The van der Waals surface area contributed by atoms with Gasteiger partial charge < -0.3 is 15.2 Å². The van der Waals surface area contributed by atoms with E-state index in [1.54, 1.807) is 19.9 Å². The molecular formula is C30H30F6N6O3. The maximum Gasteiger partial charge on any atom is 0.416 e. The summed E-state index contributed by atoms with van der Waals surface area (Å²) < 4.78 is 92.0. The van der Waals surface area contributed by atoms with E-state index in [4.69, 9.17) is 20.5 Å². The summed E-state index contributed by atoms with van der Waals surface area (Å²) in [7, 11) is 1.40. The Morgan fingerprint density at radius 2 is 1.78 bits per heavy atom. The van der Waals surface area contributed by atoms with Gasteiger partial charge in [-0.1, -0.05) is 6.92 Å². The number of aryl methyl sites for hydroxylation is 1. The molecule has 0 saturated heterocycles. The third-order valence-corrected chi connectivity index (χ3v) is 7.53. The third-order valence-electron chi connectivity index (χ3n) is 7.53. The van der Waals surface area contributed by atoms with Crippen molar-refractivity contribution < 1.29 is 40.6 Å². The van der Waals surface area contributed by atoms with Gasteiger partial charge >= 0.3 is 18.4 Å². The highest BCUT2D eigenvalue weighted by Gasteiger charge is 2.47. The molecule has 1 aliphatic heterocycles. The lowest BCUT2D eigenvalue weighted by Crippen LogP contribution is -2.61. The molecule has 0 bridgehead atoms. The summed E-state index contributed by atoms with van der Waals surface area (Å²) in [5, 5.41) is 9.15. The first-order valence-electron chi connectivity index (χ1n) is 14.0. The number of halogens is 6. The fourth-order valence-corrected chi connectivity index (χ4v) is 5.27. The van der Waals surface area contributed by atoms with Crippen LogP contribution in [-0.2, 0) is 29.9 Å². The first-order chi connectivity index (χ1) is 21.1. The Morgan fingerprint density at radius 1 is 1.11 bits per heavy atom. The van der Waals surface area contributed by atoms with Crippen molar-refractivity contribution in [3.05, 3.63) is 76.0 Å². The molecule has 0 spiro atoms. The number of amides is 1. The molecule has 1 aromatic carbocycles. The van der Waals surface area contributed by atoms with Crippen LogP contribution in [0.4, 0.5) is 36.8 Å². The summed E-state index contributed by atoms with van der Waals surface area (Å²) in [6, 6.07) is 6.44. The van der Waals surface area contributed by atoms with Gasteiger partial charge in [-0.25, -0.2) is 19.7 Å². The topological polar surface area (TPSA) is 127 Å². The second-order valence-electron chi connectivity index (χ2n) is 10.5. The van der Waals surface area contributed by atoms with Gasteiger partial charge in [-0.15, -0.1) is 0 Å². The predicted molar refractivity (Wildman–Crippen MR) is 149 cm³/mol. The van der Waals surface area contributed by atoms with Crippen LogP contribution in [0.2, 0.25) is 0 Å². The van der Waals surface area contributed by atoms with Crippen LogP contribution in [0.25, 0.3) is 0 Å². The number of fused-ring (bicyclic) bond motifs is 1. The SMILES string of the molecule is CCOC(=O)N1c2ccc(OC)nc2[C@@H](c2ncc(CCC#N)c(Cc3cc(C(F)(F)F)cc(C(F)(F)F)c3)n2)C[C@@]1(N)CC. The summed E-state index contributed by atoms with van der Waals surface area (Å²) in [6.45, 7) is 3.50. The zero-order valence-electron chi connectivity index (χ0n) is 24.6. The highest BCUT2D eigenvalue weighted by Crippen LogP contribution is 2.45. The Hall–Kier alpha value is -4.45. The second-order valence-corrected chi connectivity index (χ2v) is 10.5. The van der Waals surface area contributed by atoms with E-state index in [2.05, 4.69) is 15.0 Å². The first kappa shape index (κ1) is 33.4. The van der Waals surface area contributed by atoms with Crippen molar-refractivity contribution in [2.75, 3.05) is 18.6 Å². The average molecular weight is 637 g/mol. The normalized spacial score (nSPS) is 18.2. The smallest absolute Gasteiger partial charge is 0.416 e. The summed E-state index contributed by atoms with van der Waals surface area (Å²) in [5.74, 6) is -0.428. The number of benzene rings is 1. The molecule has 0 saturated carbocycles. The number of hydrogen-bond donors (Lipinski definition) is 1. The maximum absolute atomic E-state index is 13.6. The third kappa shape index (κ3) is 7.11. The predicted octanol–water partition coefficient (Wildman–Crippen LogP) is 6.53. The van der Waals surface area contributed by atoms with Gasteiger partial charge in [0, 0.05) is 25.1 Å². The number of nitrogens with two attached hydrogens (primary N) is 1. The van der Waals surface area contributed by atoms with Gasteiger partial charge in [0.05, 0.1) is 53.9 Å². The van der Waals surface area contributed by atoms with Crippen LogP contribution >= 0.6 is 0 Å². The molecule has 2 aromatic heterocycles. The largest absolute Gasteiger partial charge is 0.481 e. The van der Waals surface area contributed by atoms with Crippen LogP contribution in [0.15, 0.2) is 36.5 Å². The molecule has 3 heterocycles. The minimum absolute atomic E-state index is 0.00730. The number of carbonyl (C=O) groups is 1. The first-order valence-corrected chi connectivity index (χ1v) is 14.0. The molecule has 9 nitrogen and oxygen atoms in total. The Morgan fingerprint density at radius 3 is 2.33 bits per heavy atom. The molecule has 240 valence electrons. The van der Waals surface area contributed by atoms with Gasteiger partial charge in [-0.3, -0.25) is 4.90 Å². The fraction of sp³-hybridized carbons (Fsp3) is 0.433. The highest BCUT2D eigenvalue weighted by molar-refractivity contribution is 5.91. The molecule has 0 radical (unpaired) electrons. The van der Waals surface area contributed by atoms with Gasteiger partial charge in [0.2, 0.25) is 5.88 Å². The molecule has 0 aliphatic carbocycles. The van der Waals surface area contributed by atoms with Crippen LogP contribution in [0.1, 0.15) is 78.5 Å². The Labute approximate surface area is 255 Å². The van der Waals surface area contributed by atoms with Crippen molar-refractivity contribution in [2.45, 2.75) is 69.9 Å². The Kier molecular flexibility index (Phi) is 9.57. The van der Waals surface area contributed by atoms with E-state index in [1.165, 1.54) is 24.3 Å². The molecule has 1 amide bonds. The fourth-order valence-electron chi connectivity index (χ4n) is 5.27. The summed E-state index contributed by atoms with van der Waals surface area (Å²) in [5.41, 5.74) is 3.43. The van der Waals surface area contributed by atoms with E-state index < -0.39 is 47.6 Å². The maximum atomic E-state index is 13.6. The van der Waals surface area contributed by atoms with Crippen molar-refractivity contribution >= 4 is 11.8 Å². The van der Waals surface area contributed by atoms with Gasteiger partial charge in [0.25, 0.3) is 0 Å². The van der Waals surface area contributed by atoms with Crippen LogP contribution < -0.4 is 15.4 Å². The number of methoxy groups -OCH3 is 1. The number of rotatable bonds is 8. The minimum atomic E-state index is -5.03. The molecular weight excluding hydrogens is 606 g/mol. The van der Waals surface area contributed by atoms with Crippen molar-refractivity contribution in [1.82, 2.24) is 15.0 Å². The van der Waals surface area contributed by atoms with E-state index in [0.29, 0.717) is 29.1 Å². The van der Waals surface area contributed by atoms with Crippen LogP contribution in [0.3, 0.4) is 0 Å². The standard InChI is InChI=1S/C30H30F6N6O3/c1-4-28(38)15-21(25-23(8-9-24(41-25)44-3)42(28)27(43)45-5-2)26-39-16-18(7-6-10-37)22(40-26)13-17-11-19(29(31,32)33)14-20(12-17)30(34,35)36/h8-9,11-12,14,16,21H,4-7,13,15,38H2,1-3H3/t21-,28+/m0/s1. The molecule has 4 rings (SSSR count). The molecule has 0 fully saturated rings. The number of pyridine rings is 1. The minimum Gasteiger partial charge on any atom is -0.481 e. The number of nitriles is 1. The number of aromatic nitrogens is 3. The molecule has 2 N–H and O–H groups in total. The summed E-state index contributed by atoms with van der Waals surface area (Å²) >= 11 is 0. The number of nitrogens with zero attached hydrogens (tertiary/aromatic N) is 5. The molecule has 15 heteroatoms. The number of carbonyl (C=O) groups excluding carboxylic acids is 1. The van der Waals surface area contributed by atoms with Crippen molar-refractivity contribution in [3.63, 3.8) is 0 Å². The van der Waals surface area contributed by atoms with Crippen LogP contribution in [0.5, 0.6) is 5.88 Å². The van der Waals surface area contributed by atoms with Gasteiger partial charge in [-0.05, 0) is 61.6 Å². The van der Waals surface area contributed by atoms with Crippen LogP contribution in [0, 0.1) is 11.3 Å². The lowest BCUT2D eigenvalue weighted by Gasteiger charge is -2.46. The quantitative estimate of drug-likeness (QED) is 0.277. The zero-order valence-corrected chi connectivity index (χ0v) is 24.6. The van der Waals surface area contributed by atoms with Gasteiger partial charge in [0.1, 0.15) is 11.5 Å². The van der Waals surface area contributed by atoms with Crippen molar-refractivity contribution in [2.24, 2.45) is 5.73 Å². The van der Waals surface area contributed by atoms with E-state index >= 15 is 0 Å². The number of ether oxygens (including phenoxy) is 2. The molecule has 2 atom stereocenters. The Bertz CT molecular complexity index is 1570. The van der Waals surface area contributed by atoms with E-state index in [1.807, 2.05) is 6.07 Å². The van der Waals surface area contributed by atoms with E-state index in [9.17, 15) is 31.1 Å².